The van der Waals surface area contributed by atoms with E-state index in [0.717, 1.165) is 0 Å². The van der Waals surface area contributed by atoms with Gasteiger partial charge in [0.1, 0.15) is 5.69 Å². The number of aliphatic hydroxyl groups is 1. The molecule has 0 saturated carbocycles. The van der Waals surface area contributed by atoms with Crippen LogP contribution in [0.15, 0.2) is 36.7 Å². The highest BCUT2D eigenvalue weighted by atomic mass is 16.3. The van der Waals surface area contributed by atoms with E-state index in [1.807, 2.05) is 0 Å². The van der Waals surface area contributed by atoms with Crippen LogP contribution in [0, 0.1) is 0 Å². The molecule has 0 aliphatic carbocycles. The molecular formula is C11H14N4O2. The first-order valence-corrected chi connectivity index (χ1v) is 4.47. The van der Waals surface area contributed by atoms with Gasteiger partial charge in [-0.15, -0.1) is 5.10 Å². The van der Waals surface area contributed by atoms with Gasteiger partial charge in [0.15, 0.2) is 6.29 Å². The molecule has 0 bridgehead atoms. The fraction of sp³-hybridized carbons (Fsp3) is 0.182. The number of hydrogen-bond acceptors (Lipinski definition) is 6. The van der Waals surface area contributed by atoms with Gasteiger partial charge in [-0.3, -0.25) is 4.79 Å². The molecular weight excluding hydrogens is 220 g/mol. The molecule has 2 heterocycles. The van der Waals surface area contributed by atoms with E-state index in [-0.39, 0.29) is 14.0 Å². The molecule has 0 saturated heterocycles. The molecule has 0 fully saturated rings. The number of carbonyl (C=O) groups excluding carboxylic acids is 1. The summed E-state index contributed by atoms with van der Waals surface area (Å²) in [5.74, 6) is 0. The predicted molar refractivity (Wildman–Crippen MR) is 62.1 cm³/mol. The molecule has 0 unspecified atom stereocenters. The summed E-state index contributed by atoms with van der Waals surface area (Å²) in [5, 5.41) is 22.5. The van der Waals surface area contributed by atoms with E-state index in [0.29, 0.717) is 17.7 Å². The summed E-state index contributed by atoms with van der Waals surface area (Å²) in [6, 6.07) is 6.71. The van der Waals surface area contributed by atoms with Crippen LogP contribution in [0.3, 0.4) is 0 Å². The average Bonchev–Trinajstić information content (AvgIpc) is 2.41. The standard InChI is InChI=1S/C5H6N2O.C5H4N2O.CH4/c2*8-4-5-2-1-3-6-7-5;/h1-3,8H,4H2;1-4H;1H4. The van der Waals surface area contributed by atoms with Crippen LogP contribution in [0.2, 0.25) is 0 Å². The molecule has 0 amide bonds. The fourth-order valence-electron chi connectivity index (χ4n) is 0.794. The lowest BCUT2D eigenvalue weighted by Gasteiger charge is -1.86. The second-order valence-electron chi connectivity index (χ2n) is 2.64. The Labute approximate surface area is 99.4 Å². The Kier molecular flexibility index (Phi) is 7.87. The Hall–Kier alpha value is -2.21. The Morgan fingerprint density at radius 3 is 2.06 bits per heavy atom. The lowest BCUT2D eigenvalue weighted by molar-refractivity contribution is 0.111. The highest BCUT2D eigenvalue weighted by Gasteiger charge is 1.84. The van der Waals surface area contributed by atoms with Gasteiger partial charge < -0.3 is 5.11 Å². The molecule has 0 aromatic carbocycles. The van der Waals surface area contributed by atoms with Crippen molar-refractivity contribution >= 4 is 6.29 Å². The monoisotopic (exact) mass is 234 g/mol. The minimum atomic E-state index is -0.0339. The number of hydrogen-bond donors (Lipinski definition) is 1. The van der Waals surface area contributed by atoms with E-state index in [2.05, 4.69) is 20.4 Å². The maximum Gasteiger partial charge on any atom is 0.170 e. The van der Waals surface area contributed by atoms with Crippen molar-refractivity contribution in [3.05, 3.63) is 48.0 Å². The Morgan fingerprint density at radius 1 is 1.12 bits per heavy atom. The van der Waals surface area contributed by atoms with Crippen molar-refractivity contribution in [2.75, 3.05) is 0 Å². The molecule has 0 aliphatic heterocycles. The number of nitrogens with zero attached hydrogens (tertiary/aromatic N) is 4. The molecule has 2 rings (SSSR count). The van der Waals surface area contributed by atoms with Crippen molar-refractivity contribution < 1.29 is 9.90 Å². The molecule has 0 spiro atoms. The highest BCUT2D eigenvalue weighted by Crippen LogP contribution is 1.87. The van der Waals surface area contributed by atoms with Crippen LogP contribution in [0.4, 0.5) is 0 Å². The quantitative estimate of drug-likeness (QED) is 0.776. The van der Waals surface area contributed by atoms with Crippen LogP contribution in [-0.2, 0) is 6.61 Å². The number of aldehydes is 1. The lowest BCUT2D eigenvalue weighted by atomic mass is 10.4. The van der Waals surface area contributed by atoms with Crippen LogP contribution in [0.25, 0.3) is 0 Å². The topological polar surface area (TPSA) is 88.9 Å². The molecule has 0 radical (unpaired) electrons. The Balaban J connectivity index is 0.000000284. The zero-order chi connectivity index (χ0) is 11.6. The summed E-state index contributed by atoms with van der Waals surface area (Å²) >= 11 is 0. The molecule has 0 aliphatic rings. The first-order valence-electron chi connectivity index (χ1n) is 4.47. The molecule has 1 N–H and O–H groups in total. The lowest BCUT2D eigenvalue weighted by Crippen LogP contribution is -1.88. The highest BCUT2D eigenvalue weighted by molar-refractivity contribution is 5.70. The third-order valence-corrected chi connectivity index (χ3v) is 1.50. The summed E-state index contributed by atoms with van der Waals surface area (Å²) in [4.78, 5) is 9.90. The van der Waals surface area contributed by atoms with Gasteiger partial charge >= 0.3 is 0 Å². The smallest absolute Gasteiger partial charge is 0.170 e. The molecule has 17 heavy (non-hydrogen) atoms. The van der Waals surface area contributed by atoms with E-state index in [1.165, 1.54) is 6.20 Å². The van der Waals surface area contributed by atoms with Crippen molar-refractivity contribution in [2.45, 2.75) is 14.0 Å². The van der Waals surface area contributed by atoms with E-state index < -0.39 is 0 Å². The number of carbonyl (C=O) groups is 1. The van der Waals surface area contributed by atoms with Crippen molar-refractivity contribution in [1.82, 2.24) is 20.4 Å². The summed E-state index contributed by atoms with van der Waals surface area (Å²) < 4.78 is 0. The Morgan fingerprint density at radius 2 is 1.76 bits per heavy atom. The van der Waals surface area contributed by atoms with E-state index in [1.54, 1.807) is 30.5 Å². The Bertz CT molecular complexity index is 408. The van der Waals surface area contributed by atoms with Gasteiger partial charge in [0.25, 0.3) is 0 Å². The van der Waals surface area contributed by atoms with Crippen LogP contribution < -0.4 is 0 Å². The van der Waals surface area contributed by atoms with Crippen LogP contribution in [-0.4, -0.2) is 31.8 Å². The van der Waals surface area contributed by atoms with Crippen LogP contribution in [0.1, 0.15) is 23.6 Å². The first-order chi connectivity index (χ1) is 7.86. The maximum atomic E-state index is 9.90. The molecule has 6 heteroatoms. The normalized spacial score (nSPS) is 8.29. The second kappa shape index (κ2) is 9.05. The molecule has 0 atom stereocenters. The number of rotatable bonds is 2. The van der Waals surface area contributed by atoms with Gasteiger partial charge in [-0.1, -0.05) is 7.43 Å². The minimum Gasteiger partial charge on any atom is -0.390 e. The SMILES string of the molecule is C.O=Cc1cccnn1.OCc1cccnn1. The molecule has 2 aromatic heterocycles. The van der Waals surface area contributed by atoms with Crippen molar-refractivity contribution in [3.63, 3.8) is 0 Å². The largest absolute Gasteiger partial charge is 0.390 e. The molecule has 2 aromatic rings. The third-order valence-electron chi connectivity index (χ3n) is 1.50. The van der Waals surface area contributed by atoms with Gasteiger partial charge in [-0.05, 0) is 24.3 Å². The fourth-order valence-corrected chi connectivity index (χ4v) is 0.794. The van der Waals surface area contributed by atoms with Gasteiger partial charge in [-0.25, -0.2) is 0 Å². The number of aliphatic hydroxyl groups excluding tert-OH is 1. The minimum absolute atomic E-state index is 0. The first kappa shape index (κ1) is 14.8. The second-order valence-corrected chi connectivity index (χ2v) is 2.64. The average molecular weight is 234 g/mol. The van der Waals surface area contributed by atoms with Crippen molar-refractivity contribution in [3.8, 4) is 0 Å². The van der Waals surface area contributed by atoms with E-state index >= 15 is 0 Å². The molecule has 90 valence electrons. The maximum absolute atomic E-state index is 9.90. The van der Waals surface area contributed by atoms with Crippen molar-refractivity contribution in [2.24, 2.45) is 0 Å². The van der Waals surface area contributed by atoms with Gasteiger partial charge in [0.2, 0.25) is 0 Å². The zero-order valence-electron chi connectivity index (χ0n) is 8.39. The zero-order valence-corrected chi connectivity index (χ0v) is 8.39. The summed E-state index contributed by atoms with van der Waals surface area (Å²) in [5.41, 5.74) is 0.972. The summed E-state index contributed by atoms with van der Waals surface area (Å²) in [6.45, 7) is -0.0339. The van der Waals surface area contributed by atoms with Crippen LogP contribution in [0.5, 0.6) is 0 Å². The van der Waals surface area contributed by atoms with Gasteiger partial charge in [0.05, 0.1) is 12.3 Å². The molecule has 6 nitrogen and oxygen atoms in total. The van der Waals surface area contributed by atoms with Crippen molar-refractivity contribution in [1.29, 1.82) is 0 Å². The number of aromatic nitrogens is 4. The summed E-state index contributed by atoms with van der Waals surface area (Å²) in [7, 11) is 0. The predicted octanol–water partition coefficient (Wildman–Crippen LogP) is 0.894. The van der Waals surface area contributed by atoms with Crippen LogP contribution >= 0.6 is 0 Å². The summed E-state index contributed by atoms with van der Waals surface area (Å²) in [6.07, 6.45) is 3.75. The van der Waals surface area contributed by atoms with Gasteiger partial charge in [-0.2, -0.15) is 15.3 Å². The van der Waals surface area contributed by atoms with Gasteiger partial charge in [0, 0.05) is 12.4 Å². The van der Waals surface area contributed by atoms with E-state index in [9.17, 15) is 4.79 Å². The third kappa shape index (κ3) is 6.06. The van der Waals surface area contributed by atoms with E-state index in [4.69, 9.17) is 5.11 Å².